The first kappa shape index (κ1) is 15.7. The molecule has 1 aromatic rings. The van der Waals surface area contributed by atoms with Gasteiger partial charge >= 0.3 is 0 Å². The highest BCUT2D eigenvalue weighted by Crippen LogP contribution is 2.22. The molecule has 8 heteroatoms. The first-order chi connectivity index (χ1) is 10.2. The summed E-state index contributed by atoms with van der Waals surface area (Å²) in [7, 11) is 0. The van der Waals surface area contributed by atoms with Crippen LogP contribution in [0.5, 0.6) is 0 Å². The lowest BCUT2D eigenvalue weighted by Crippen LogP contribution is -2.36. The first-order valence-electron chi connectivity index (χ1n) is 7.55. The van der Waals surface area contributed by atoms with E-state index < -0.39 is 0 Å². The van der Waals surface area contributed by atoms with Gasteiger partial charge in [0.1, 0.15) is 0 Å². The van der Waals surface area contributed by atoms with Crippen molar-refractivity contribution in [2.75, 3.05) is 48.0 Å². The fraction of sp³-hybridized carbons (Fsp3) is 0.769. The Morgan fingerprint density at radius 3 is 2.43 bits per heavy atom. The van der Waals surface area contributed by atoms with Crippen molar-refractivity contribution in [2.45, 2.75) is 26.7 Å². The van der Waals surface area contributed by atoms with E-state index in [0.717, 1.165) is 39.0 Å². The first-order valence-corrected chi connectivity index (χ1v) is 7.55. The molecule has 2 heterocycles. The lowest BCUT2D eigenvalue weighted by Gasteiger charge is -2.31. The highest BCUT2D eigenvalue weighted by Gasteiger charge is 2.22. The van der Waals surface area contributed by atoms with Crippen LogP contribution in [0.15, 0.2) is 0 Å². The fourth-order valence-electron chi connectivity index (χ4n) is 2.52. The van der Waals surface area contributed by atoms with Crippen LogP contribution in [0, 0.1) is 5.92 Å². The Morgan fingerprint density at radius 1 is 1.24 bits per heavy atom. The molecule has 0 atom stereocenters. The minimum atomic E-state index is 0.255. The topological polar surface area (TPSA) is 103 Å². The van der Waals surface area contributed by atoms with Gasteiger partial charge in [-0.2, -0.15) is 15.0 Å². The van der Waals surface area contributed by atoms with E-state index in [0.29, 0.717) is 23.8 Å². The number of nitrogens with two attached hydrogens (primary N) is 1. The number of hydrogen-bond acceptors (Lipinski definition) is 8. The van der Waals surface area contributed by atoms with Gasteiger partial charge in [-0.05, 0) is 32.6 Å². The summed E-state index contributed by atoms with van der Waals surface area (Å²) in [4.78, 5) is 17.4. The van der Waals surface area contributed by atoms with Crippen molar-refractivity contribution < 1.29 is 5.11 Å². The third kappa shape index (κ3) is 3.70. The number of rotatable bonds is 6. The van der Waals surface area contributed by atoms with Crippen molar-refractivity contribution in [3.8, 4) is 0 Å². The quantitative estimate of drug-likeness (QED) is 0.505. The molecule has 0 unspecified atom stereocenters. The van der Waals surface area contributed by atoms with Gasteiger partial charge in [0.15, 0.2) is 0 Å². The molecule has 21 heavy (non-hydrogen) atoms. The summed E-state index contributed by atoms with van der Waals surface area (Å²) < 4.78 is 0. The highest BCUT2D eigenvalue weighted by molar-refractivity contribution is 5.45. The number of nitrogens with zero attached hydrogens (tertiary/aromatic N) is 5. The highest BCUT2D eigenvalue weighted by atomic mass is 16.3. The van der Waals surface area contributed by atoms with Gasteiger partial charge in [-0.25, -0.2) is 5.84 Å². The molecule has 118 valence electrons. The summed E-state index contributed by atoms with van der Waals surface area (Å²) in [5.41, 5.74) is 2.51. The molecule has 1 aliphatic heterocycles. The molecule has 1 fully saturated rings. The molecular formula is C13H25N7O. The van der Waals surface area contributed by atoms with Crippen LogP contribution in [0.3, 0.4) is 0 Å². The molecule has 0 radical (unpaired) electrons. The van der Waals surface area contributed by atoms with Gasteiger partial charge in [0.05, 0.1) is 0 Å². The van der Waals surface area contributed by atoms with Crippen LogP contribution >= 0.6 is 0 Å². The maximum Gasteiger partial charge on any atom is 0.243 e. The second-order valence-electron chi connectivity index (χ2n) is 5.19. The van der Waals surface area contributed by atoms with E-state index in [9.17, 15) is 5.11 Å². The Hall–Kier alpha value is -1.67. The van der Waals surface area contributed by atoms with Gasteiger partial charge in [-0.3, -0.25) is 5.43 Å². The van der Waals surface area contributed by atoms with Crippen molar-refractivity contribution in [2.24, 2.45) is 11.8 Å². The Balaban J connectivity index is 2.20. The molecule has 0 aliphatic carbocycles. The van der Waals surface area contributed by atoms with Crippen LogP contribution in [0.2, 0.25) is 0 Å². The van der Waals surface area contributed by atoms with Crippen LogP contribution in [-0.2, 0) is 0 Å². The monoisotopic (exact) mass is 295 g/mol. The van der Waals surface area contributed by atoms with Gasteiger partial charge in [0.25, 0.3) is 0 Å². The van der Waals surface area contributed by atoms with E-state index in [-0.39, 0.29) is 6.61 Å². The molecule has 4 N–H and O–H groups in total. The average Bonchev–Trinajstić information content (AvgIpc) is 2.55. The molecule has 0 spiro atoms. The standard InChI is InChI=1S/C13H25N7O/c1-3-19(4-2)12-15-11(18-14)16-13(17-12)20-7-5-10(9-21)6-8-20/h10,21H,3-9,14H2,1-2H3,(H,15,16,17,18). The predicted octanol–water partition coefficient (Wildman–Crippen LogP) is 0.212. The molecule has 1 aliphatic rings. The van der Waals surface area contributed by atoms with Crippen molar-refractivity contribution >= 4 is 17.8 Å². The number of anilines is 3. The molecule has 2 rings (SSSR count). The number of hydrogen-bond donors (Lipinski definition) is 3. The Morgan fingerprint density at radius 2 is 1.90 bits per heavy atom. The van der Waals surface area contributed by atoms with Crippen LogP contribution in [0.4, 0.5) is 17.8 Å². The molecule has 0 bridgehead atoms. The fourth-order valence-corrected chi connectivity index (χ4v) is 2.52. The van der Waals surface area contributed by atoms with Gasteiger partial charge in [0, 0.05) is 32.8 Å². The van der Waals surface area contributed by atoms with Crippen LogP contribution < -0.4 is 21.1 Å². The summed E-state index contributed by atoms with van der Waals surface area (Å²) in [6.45, 7) is 7.73. The van der Waals surface area contributed by atoms with Gasteiger partial charge < -0.3 is 14.9 Å². The second-order valence-corrected chi connectivity index (χ2v) is 5.19. The molecule has 1 saturated heterocycles. The SMILES string of the molecule is CCN(CC)c1nc(NN)nc(N2CCC(CO)CC2)n1. The van der Waals surface area contributed by atoms with E-state index in [1.165, 1.54) is 0 Å². The lowest BCUT2D eigenvalue weighted by molar-refractivity contribution is 0.202. The number of hydrazine groups is 1. The van der Waals surface area contributed by atoms with Crippen molar-refractivity contribution in [3.05, 3.63) is 0 Å². The number of piperidine rings is 1. The maximum absolute atomic E-state index is 9.22. The lowest BCUT2D eigenvalue weighted by atomic mass is 9.98. The van der Waals surface area contributed by atoms with E-state index in [1.54, 1.807) is 0 Å². The predicted molar refractivity (Wildman–Crippen MR) is 83.2 cm³/mol. The third-order valence-corrected chi connectivity index (χ3v) is 3.94. The normalized spacial score (nSPS) is 16.1. The van der Waals surface area contributed by atoms with Gasteiger partial charge in [-0.1, -0.05) is 0 Å². The summed E-state index contributed by atoms with van der Waals surface area (Å²) in [5.74, 6) is 7.53. The number of nitrogens with one attached hydrogen (secondary N) is 1. The summed E-state index contributed by atoms with van der Waals surface area (Å²) >= 11 is 0. The molecule has 0 aromatic carbocycles. The Labute approximate surface area is 125 Å². The van der Waals surface area contributed by atoms with Crippen LogP contribution in [0.25, 0.3) is 0 Å². The minimum Gasteiger partial charge on any atom is -0.396 e. The maximum atomic E-state index is 9.22. The van der Waals surface area contributed by atoms with E-state index in [1.807, 2.05) is 0 Å². The minimum absolute atomic E-state index is 0.255. The van der Waals surface area contributed by atoms with Crippen LogP contribution in [0.1, 0.15) is 26.7 Å². The van der Waals surface area contributed by atoms with Crippen molar-refractivity contribution in [1.29, 1.82) is 0 Å². The zero-order chi connectivity index (χ0) is 15.2. The molecule has 8 nitrogen and oxygen atoms in total. The zero-order valence-electron chi connectivity index (χ0n) is 12.8. The number of nitrogen functional groups attached to an aromatic ring is 1. The molecule has 0 amide bonds. The number of aliphatic hydroxyl groups excluding tert-OH is 1. The summed E-state index contributed by atoms with van der Waals surface area (Å²) in [6.07, 6.45) is 1.91. The summed E-state index contributed by atoms with van der Waals surface area (Å²) in [5, 5.41) is 9.22. The van der Waals surface area contributed by atoms with Crippen LogP contribution in [-0.4, -0.2) is 52.8 Å². The largest absolute Gasteiger partial charge is 0.396 e. The van der Waals surface area contributed by atoms with Gasteiger partial charge in [-0.15, -0.1) is 0 Å². The molecular weight excluding hydrogens is 270 g/mol. The van der Waals surface area contributed by atoms with Gasteiger partial charge in [0.2, 0.25) is 17.8 Å². The zero-order valence-corrected chi connectivity index (χ0v) is 12.8. The average molecular weight is 295 g/mol. The second kappa shape index (κ2) is 7.37. The van der Waals surface area contributed by atoms with E-state index in [2.05, 4.69) is 44.0 Å². The molecule has 1 aromatic heterocycles. The Kier molecular flexibility index (Phi) is 5.51. The van der Waals surface area contributed by atoms with E-state index >= 15 is 0 Å². The number of aliphatic hydroxyl groups is 1. The summed E-state index contributed by atoms with van der Waals surface area (Å²) in [6, 6.07) is 0. The number of aromatic nitrogens is 3. The van der Waals surface area contributed by atoms with Crippen molar-refractivity contribution in [1.82, 2.24) is 15.0 Å². The Bertz CT molecular complexity index is 444. The van der Waals surface area contributed by atoms with E-state index in [4.69, 9.17) is 5.84 Å². The molecule has 0 saturated carbocycles. The smallest absolute Gasteiger partial charge is 0.243 e. The van der Waals surface area contributed by atoms with Crippen molar-refractivity contribution in [3.63, 3.8) is 0 Å². The third-order valence-electron chi connectivity index (χ3n) is 3.94.